The Balaban J connectivity index is 1.87. The molecule has 0 bridgehead atoms. The van der Waals surface area contributed by atoms with Crippen LogP contribution in [0.4, 0.5) is 0 Å². The number of thiophene rings is 1. The lowest BCUT2D eigenvalue weighted by molar-refractivity contribution is 0.749. The zero-order valence-corrected chi connectivity index (χ0v) is 18.1. The van der Waals surface area contributed by atoms with Crippen molar-refractivity contribution in [2.45, 2.75) is 13.5 Å². The van der Waals surface area contributed by atoms with E-state index in [-0.39, 0.29) is 5.56 Å². The first-order valence-electron chi connectivity index (χ1n) is 8.12. The Labute approximate surface area is 178 Å². The van der Waals surface area contributed by atoms with Crippen LogP contribution in [0.2, 0.25) is 10.0 Å². The van der Waals surface area contributed by atoms with Crippen LogP contribution in [-0.4, -0.2) is 9.55 Å². The Morgan fingerprint density at radius 1 is 1.15 bits per heavy atom. The molecule has 0 unspecified atom stereocenters. The maximum absolute atomic E-state index is 13.2. The molecule has 0 atom stereocenters. The summed E-state index contributed by atoms with van der Waals surface area (Å²) >= 11 is 17.2. The SMILES string of the molecule is Cc1sc2ncn(Cc3ccc(Cl)cc3Cl)c(=O)c2c1-c1ccc(Br)cc1. The molecule has 0 spiro atoms. The lowest BCUT2D eigenvalue weighted by Gasteiger charge is -2.09. The average Bonchev–Trinajstić information content (AvgIpc) is 2.97. The second-order valence-electron chi connectivity index (χ2n) is 6.13. The molecule has 0 saturated heterocycles. The van der Waals surface area contributed by atoms with Gasteiger partial charge in [0.2, 0.25) is 0 Å². The minimum absolute atomic E-state index is 0.0757. The summed E-state index contributed by atoms with van der Waals surface area (Å²) in [5.41, 5.74) is 2.69. The fourth-order valence-corrected chi connectivity index (χ4v) is 4.78. The molecule has 0 amide bonds. The summed E-state index contributed by atoms with van der Waals surface area (Å²) in [7, 11) is 0. The van der Waals surface area contributed by atoms with Crippen molar-refractivity contribution in [3.05, 3.63) is 84.1 Å². The van der Waals surface area contributed by atoms with Crippen LogP contribution in [0.1, 0.15) is 10.4 Å². The molecule has 0 aliphatic carbocycles. The number of halogens is 3. The summed E-state index contributed by atoms with van der Waals surface area (Å²) in [5.74, 6) is 0. The number of hydrogen-bond donors (Lipinski definition) is 0. The van der Waals surface area contributed by atoms with Crippen molar-refractivity contribution < 1.29 is 0 Å². The van der Waals surface area contributed by atoms with Gasteiger partial charge in [-0.2, -0.15) is 0 Å². The quantitative estimate of drug-likeness (QED) is 0.334. The number of hydrogen-bond acceptors (Lipinski definition) is 3. The summed E-state index contributed by atoms with van der Waals surface area (Å²) in [6, 6.07) is 13.2. The maximum atomic E-state index is 13.2. The second kappa shape index (κ2) is 7.40. The molecule has 0 fully saturated rings. The molecule has 7 heteroatoms. The first kappa shape index (κ1) is 18.7. The monoisotopic (exact) mass is 478 g/mol. The van der Waals surface area contributed by atoms with Crippen molar-refractivity contribution in [2.24, 2.45) is 0 Å². The number of aromatic nitrogens is 2. The normalized spacial score (nSPS) is 11.3. The van der Waals surface area contributed by atoms with E-state index >= 15 is 0 Å². The minimum Gasteiger partial charge on any atom is -0.294 e. The van der Waals surface area contributed by atoms with Gasteiger partial charge in [-0.1, -0.05) is 57.3 Å². The van der Waals surface area contributed by atoms with Crippen molar-refractivity contribution >= 4 is 60.7 Å². The van der Waals surface area contributed by atoms with E-state index in [2.05, 4.69) is 20.9 Å². The first-order chi connectivity index (χ1) is 12.9. The van der Waals surface area contributed by atoms with E-state index < -0.39 is 0 Å². The Hall–Kier alpha value is -1.66. The van der Waals surface area contributed by atoms with E-state index in [1.807, 2.05) is 37.3 Å². The molecule has 0 radical (unpaired) electrons. The smallest absolute Gasteiger partial charge is 0.263 e. The molecule has 3 nitrogen and oxygen atoms in total. The molecule has 2 aromatic heterocycles. The van der Waals surface area contributed by atoms with Gasteiger partial charge in [0.15, 0.2) is 0 Å². The van der Waals surface area contributed by atoms with Gasteiger partial charge in [-0.25, -0.2) is 4.98 Å². The third-order valence-electron chi connectivity index (χ3n) is 4.34. The minimum atomic E-state index is -0.0757. The van der Waals surface area contributed by atoms with E-state index in [9.17, 15) is 4.79 Å². The van der Waals surface area contributed by atoms with Crippen LogP contribution in [0.5, 0.6) is 0 Å². The van der Waals surface area contributed by atoms with Crippen LogP contribution in [-0.2, 0) is 6.54 Å². The van der Waals surface area contributed by atoms with Gasteiger partial charge >= 0.3 is 0 Å². The number of aryl methyl sites for hydroxylation is 1. The molecule has 4 rings (SSSR count). The Bertz CT molecular complexity index is 1220. The van der Waals surface area contributed by atoms with Crippen LogP contribution in [0.3, 0.4) is 0 Å². The fourth-order valence-electron chi connectivity index (χ4n) is 3.05. The zero-order chi connectivity index (χ0) is 19.1. The van der Waals surface area contributed by atoms with Crippen LogP contribution >= 0.6 is 50.5 Å². The van der Waals surface area contributed by atoms with Gasteiger partial charge in [-0.3, -0.25) is 9.36 Å². The summed E-state index contributed by atoms with van der Waals surface area (Å²) in [6.07, 6.45) is 1.58. The van der Waals surface area contributed by atoms with Gasteiger partial charge in [0.1, 0.15) is 4.83 Å². The topological polar surface area (TPSA) is 34.9 Å². The maximum Gasteiger partial charge on any atom is 0.263 e. The van der Waals surface area contributed by atoms with E-state index in [0.717, 1.165) is 30.9 Å². The lowest BCUT2D eigenvalue weighted by atomic mass is 10.0. The van der Waals surface area contributed by atoms with Crippen molar-refractivity contribution in [1.82, 2.24) is 9.55 Å². The van der Waals surface area contributed by atoms with Gasteiger partial charge in [0.25, 0.3) is 5.56 Å². The Morgan fingerprint density at radius 2 is 1.89 bits per heavy atom. The van der Waals surface area contributed by atoms with Crippen molar-refractivity contribution in [1.29, 1.82) is 0 Å². The van der Waals surface area contributed by atoms with Crippen molar-refractivity contribution in [3.8, 4) is 11.1 Å². The second-order valence-corrected chi connectivity index (χ2v) is 9.10. The number of benzene rings is 2. The third kappa shape index (κ3) is 3.57. The molecular formula is C20H13BrCl2N2OS. The van der Waals surface area contributed by atoms with Gasteiger partial charge < -0.3 is 0 Å². The van der Waals surface area contributed by atoms with E-state index in [1.165, 1.54) is 11.3 Å². The average molecular weight is 480 g/mol. The first-order valence-corrected chi connectivity index (χ1v) is 10.5. The summed E-state index contributed by atoms with van der Waals surface area (Å²) in [4.78, 5) is 19.6. The standard InChI is InChI=1S/C20H13BrCl2N2OS/c1-11-17(12-2-5-14(21)6-3-12)18-19(27-11)24-10-25(20(18)26)9-13-4-7-15(22)8-16(13)23/h2-8,10H,9H2,1H3. The largest absolute Gasteiger partial charge is 0.294 e. The molecule has 0 N–H and O–H groups in total. The highest BCUT2D eigenvalue weighted by Crippen LogP contribution is 2.36. The number of rotatable bonds is 3. The molecule has 4 aromatic rings. The summed E-state index contributed by atoms with van der Waals surface area (Å²) < 4.78 is 2.59. The highest BCUT2D eigenvalue weighted by atomic mass is 79.9. The number of fused-ring (bicyclic) bond motifs is 1. The van der Waals surface area contributed by atoms with Crippen LogP contribution in [0.15, 0.2) is 58.1 Å². The van der Waals surface area contributed by atoms with Crippen LogP contribution in [0, 0.1) is 6.92 Å². The lowest BCUT2D eigenvalue weighted by Crippen LogP contribution is -2.21. The predicted octanol–water partition coefficient (Wildman–Crippen LogP) is 6.55. The summed E-state index contributed by atoms with van der Waals surface area (Å²) in [5, 5.41) is 1.74. The van der Waals surface area contributed by atoms with Gasteiger partial charge in [-0.15, -0.1) is 11.3 Å². The summed E-state index contributed by atoms with van der Waals surface area (Å²) in [6.45, 7) is 2.36. The van der Waals surface area contributed by atoms with Gasteiger partial charge in [0.05, 0.1) is 18.3 Å². The van der Waals surface area contributed by atoms with Gasteiger partial charge in [-0.05, 0) is 42.3 Å². The van der Waals surface area contributed by atoms with Crippen LogP contribution < -0.4 is 5.56 Å². The molecule has 136 valence electrons. The fraction of sp³-hybridized carbons (Fsp3) is 0.100. The molecule has 2 heterocycles. The predicted molar refractivity (Wildman–Crippen MR) is 117 cm³/mol. The zero-order valence-electron chi connectivity index (χ0n) is 14.2. The van der Waals surface area contributed by atoms with Crippen molar-refractivity contribution in [3.63, 3.8) is 0 Å². The Kier molecular flexibility index (Phi) is 5.12. The van der Waals surface area contributed by atoms with E-state index in [4.69, 9.17) is 23.2 Å². The van der Waals surface area contributed by atoms with E-state index in [1.54, 1.807) is 23.0 Å². The highest BCUT2D eigenvalue weighted by molar-refractivity contribution is 9.10. The molecule has 27 heavy (non-hydrogen) atoms. The van der Waals surface area contributed by atoms with Crippen molar-refractivity contribution in [2.75, 3.05) is 0 Å². The molecule has 0 aliphatic heterocycles. The van der Waals surface area contributed by atoms with E-state index in [0.29, 0.717) is 22.0 Å². The number of nitrogens with zero attached hydrogens (tertiary/aromatic N) is 2. The van der Waals surface area contributed by atoms with Gasteiger partial charge in [0, 0.05) is 25.0 Å². The highest BCUT2D eigenvalue weighted by Gasteiger charge is 2.17. The molecular weight excluding hydrogens is 467 g/mol. The molecule has 0 saturated carbocycles. The molecule has 2 aromatic carbocycles. The Morgan fingerprint density at radius 3 is 2.59 bits per heavy atom. The van der Waals surface area contributed by atoms with Crippen LogP contribution in [0.25, 0.3) is 21.3 Å². The third-order valence-corrected chi connectivity index (χ3v) is 6.47. The molecule has 0 aliphatic rings.